The fourth-order valence-corrected chi connectivity index (χ4v) is 2.15. The first kappa shape index (κ1) is 17.7. The number of nitro benzene ring substituents is 1. The van der Waals surface area contributed by atoms with Crippen molar-refractivity contribution >= 4 is 46.8 Å². The van der Waals surface area contributed by atoms with Crippen molar-refractivity contribution in [1.82, 2.24) is 0 Å². The molecule has 0 bridgehead atoms. The Balaban J connectivity index is 2.05. The summed E-state index contributed by atoms with van der Waals surface area (Å²) < 4.78 is 5.22. The van der Waals surface area contributed by atoms with Gasteiger partial charge in [-0.15, -0.1) is 0 Å². The van der Waals surface area contributed by atoms with Crippen LogP contribution in [0.2, 0.25) is 10.0 Å². The zero-order chi connectivity index (χ0) is 17.7. The number of anilines is 1. The highest BCUT2D eigenvalue weighted by molar-refractivity contribution is 6.43. The number of nitrogens with zero attached hydrogens (tertiary/aromatic N) is 1. The van der Waals surface area contributed by atoms with Crippen LogP contribution in [0.5, 0.6) is 5.75 Å². The Bertz CT molecular complexity index is 810. The molecule has 0 aliphatic carbocycles. The predicted molar refractivity (Wildman–Crippen MR) is 89.1 cm³/mol. The van der Waals surface area contributed by atoms with Gasteiger partial charge in [-0.2, -0.15) is 0 Å². The van der Waals surface area contributed by atoms with Crippen LogP contribution in [-0.4, -0.2) is 23.7 Å². The van der Waals surface area contributed by atoms with Gasteiger partial charge in [0.15, 0.2) is 12.9 Å². The molecule has 2 rings (SSSR count). The second-order valence-corrected chi connectivity index (χ2v) is 5.32. The Hall–Kier alpha value is -2.64. The molecule has 24 heavy (non-hydrogen) atoms. The molecule has 2 aromatic carbocycles. The minimum Gasteiger partial charge on any atom is -0.483 e. The summed E-state index contributed by atoms with van der Waals surface area (Å²) in [6.07, 6.45) is 0.411. The summed E-state index contributed by atoms with van der Waals surface area (Å²) in [6, 6.07) is 8.24. The maximum atomic E-state index is 11.9. The van der Waals surface area contributed by atoms with Crippen LogP contribution in [0.1, 0.15) is 10.4 Å². The van der Waals surface area contributed by atoms with E-state index in [0.717, 1.165) is 6.07 Å². The second kappa shape index (κ2) is 7.76. The number of halogens is 2. The summed E-state index contributed by atoms with van der Waals surface area (Å²) in [7, 11) is 0. The van der Waals surface area contributed by atoms with Crippen molar-refractivity contribution in [1.29, 1.82) is 0 Å². The van der Waals surface area contributed by atoms with Gasteiger partial charge in [-0.3, -0.25) is 19.7 Å². The van der Waals surface area contributed by atoms with Crippen LogP contribution in [-0.2, 0) is 4.79 Å². The van der Waals surface area contributed by atoms with E-state index in [2.05, 4.69) is 5.32 Å². The molecule has 0 aliphatic rings. The molecular formula is C15H10Cl2N2O5. The van der Waals surface area contributed by atoms with E-state index in [9.17, 15) is 19.7 Å². The zero-order valence-electron chi connectivity index (χ0n) is 12.0. The number of carbonyl (C=O) groups is 2. The standard InChI is InChI=1S/C15H10Cl2N2O5/c16-11-2-1-3-12(15(11)17)18-14(21)8-24-13-5-4-10(19(22)23)6-9(13)7-20/h1-7H,8H2,(H,18,21). The summed E-state index contributed by atoms with van der Waals surface area (Å²) in [6.45, 7) is -0.415. The number of amides is 1. The van der Waals surface area contributed by atoms with Crippen LogP contribution in [0.25, 0.3) is 0 Å². The average Bonchev–Trinajstić information content (AvgIpc) is 2.56. The number of rotatable bonds is 6. The molecular weight excluding hydrogens is 359 g/mol. The van der Waals surface area contributed by atoms with Gasteiger partial charge in [0.1, 0.15) is 5.75 Å². The summed E-state index contributed by atoms with van der Waals surface area (Å²) in [5, 5.41) is 13.7. The van der Waals surface area contributed by atoms with Gasteiger partial charge in [-0.25, -0.2) is 0 Å². The van der Waals surface area contributed by atoms with E-state index in [0.29, 0.717) is 12.0 Å². The lowest BCUT2D eigenvalue weighted by molar-refractivity contribution is -0.384. The van der Waals surface area contributed by atoms with Crippen molar-refractivity contribution < 1.29 is 19.2 Å². The number of hydrogen-bond acceptors (Lipinski definition) is 5. The Morgan fingerprint density at radius 2 is 2.04 bits per heavy atom. The van der Waals surface area contributed by atoms with Crippen molar-refractivity contribution in [3.8, 4) is 5.75 Å². The highest BCUT2D eigenvalue weighted by atomic mass is 35.5. The van der Waals surface area contributed by atoms with E-state index < -0.39 is 17.4 Å². The molecule has 0 heterocycles. The molecule has 0 saturated heterocycles. The van der Waals surface area contributed by atoms with Crippen LogP contribution in [0, 0.1) is 10.1 Å². The quantitative estimate of drug-likeness (QED) is 0.475. The van der Waals surface area contributed by atoms with E-state index in [1.807, 2.05) is 0 Å². The molecule has 0 unspecified atom stereocenters. The van der Waals surface area contributed by atoms with Gasteiger partial charge >= 0.3 is 0 Å². The lowest BCUT2D eigenvalue weighted by Crippen LogP contribution is -2.20. The maximum absolute atomic E-state index is 11.9. The number of carbonyl (C=O) groups excluding carboxylic acids is 2. The number of aldehydes is 1. The normalized spacial score (nSPS) is 10.1. The average molecular weight is 369 g/mol. The topological polar surface area (TPSA) is 98.5 Å². The smallest absolute Gasteiger partial charge is 0.270 e. The molecule has 0 aliphatic heterocycles. The third kappa shape index (κ3) is 4.21. The Labute approximate surface area is 146 Å². The van der Waals surface area contributed by atoms with Gasteiger partial charge in [0, 0.05) is 12.1 Å². The monoisotopic (exact) mass is 368 g/mol. The van der Waals surface area contributed by atoms with Gasteiger partial charge in [-0.05, 0) is 18.2 Å². The number of ether oxygens (including phenoxy) is 1. The zero-order valence-corrected chi connectivity index (χ0v) is 13.5. The van der Waals surface area contributed by atoms with E-state index >= 15 is 0 Å². The third-order valence-corrected chi connectivity index (χ3v) is 3.73. The Morgan fingerprint density at radius 1 is 1.29 bits per heavy atom. The van der Waals surface area contributed by atoms with Crippen molar-refractivity contribution in [2.75, 3.05) is 11.9 Å². The molecule has 124 valence electrons. The van der Waals surface area contributed by atoms with E-state index in [4.69, 9.17) is 27.9 Å². The SMILES string of the molecule is O=Cc1cc([N+](=O)[O-])ccc1OCC(=O)Nc1cccc(Cl)c1Cl. The Morgan fingerprint density at radius 3 is 2.71 bits per heavy atom. The number of nitrogens with one attached hydrogen (secondary N) is 1. The van der Waals surface area contributed by atoms with Crippen LogP contribution >= 0.6 is 23.2 Å². The van der Waals surface area contributed by atoms with Gasteiger partial charge in [0.25, 0.3) is 11.6 Å². The molecule has 1 N–H and O–H groups in total. The number of nitro groups is 1. The van der Waals surface area contributed by atoms with E-state index in [1.165, 1.54) is 12.1 Å². The highest BCUT2D eigenvalue weighted by Gasteiger charge is 2.13. The molecule has 0 atom stereocenters. The minimum absolute atomic E-state index is 0.0298. The molecule has 2 aromatic rings. The molecule has 1 amide bonds. The van der Waals surface area contributed by atoms with Crippen molar-refractivity contribution in [3.63, 3.8) is 0 Å². The van der Waals surface area contributed by atoms with Crippen LogP contribution in [0.3, 0.4) is 0 Å². The van der Waals surface area contributed by atoms with Crippen molar-refractivity contribution in [2.45, 2.75) is 0 Å². The highest BCUT2D eigenvalue weighted by Crippen LogP contribution is 2.29. The second-order valence-electron chi connectivity index (χ2n) is 4.54. The van der Waals surface area contributed by atoms with Crippen LogP contribution < -0.4 is 10.1 Å². The lowest BCUT2D eigenvalue weighted by atomic mass is 10.2. The molecule has 0 aromatic heterocycles. The fourth-order valence-electron chi connectivity index (χ4n) is 1.80. The summed E-state index contributed by atoms with van der Waals surface area (Å²) in [4.78, 5) is 32.9. The first-order valence-corrected chi connectivity index (χ1v) is 7.28. The van der Waals surface area contributed by atoms with Gasteiger partial charge in [0.05, 0.1) is 26.2 Å². The van der Waals surface area contributed by atoms with E-state index in [-0.39, 0.29) is 27.0 Å². The molecule has 9 heteroatoms. The van der Waals surface area contributed by atoms with Crippen LogP contribution in [0.4, 0.5) is 11.4 Å². The number of benzene rings is 2. The maximum Gasteiger partial charge on any atom is 0.270 e. The first-order valence-electron chi connectivity index (χ1n) is 6.52. The number of hydrogen-bond donors (Lipinski definition) is 1. The lowest BCUT2D eigenvalue weighted by Gasteiger charge is -2.10. The minimum atomic E-state index is -0.634. The molecule has 0 fully saturated rings. The third-order valence-electron chi connectivity index (χ3n) is 2.92. The predicted octanol–water partition coefficient (Wildman–Crippen LogP) is 3.73. The Kier molecular flexibility index (Phi) is 5.73. The molecule has 0 saturated carbocycles. The van der Waals surface area contributed by atoms with Crippen molar-refractivity contribution in [2.24, 2.45) is 0 Å². The summed E-state index contributed by atoms with van der Waals surface area (Å²) in [5.74, 6) is -0.475. The fraction of sp³-hybridized carbons (Fsp3) is 0.0667. The van der Waals surface area contributed by atoms with Crippen LogP contribution in [0.15, 0.2) is 36.4 Å². The molecule has 0 radical (unpaired) electrons. The molecule has 7 nitrogen and oxygen atoms in total. The summed E-state index contributed by atoms with van der Waals surface area (Å²) in [5.41, 5.74) is 0.0366. The van der Waals surface area contributed by atoms with Crippen molar-refractivity contribution in [3.05, 3.63) is 62.1 Å². The van der Waals surface area contributed by atoms with Gasteiger partial charge in [-0.1, -0.05) is 29.3 Å². The van der Waals surface area contributed by atoms with Gasteiger partial charge < -0.3 is 10.1 Å². The largest absolute Gasteiger partial charge is 0.483 e. The first-order chi connectivity index (χ1) is 11.4. The number of non-ortho nitro benzene ring substituents is 1. The van der Waals surface area contributed by atoms with E-state index in [1.54, 1.807) is 18.2 Å². The van der Waals surface area contributed by atoms with Gasteiger partial charge in [0.2, 0.25) is 0 Å². The summed E-state index contributed by atoms with van der Waals surface area (Å²) >= 11 is 11.8. The molecule has 0 spiro atoms.